The van der Waals surface area contributed by atoms with Gasteiger partial charge in [-0.05, 0) is 49.1 Å². The predicted octanol–water partition coefficient (Wildman–Crippen LogP) is 2.47. The van der Waals surface area contributed by atoms with Gasteiger partial charge in [0.15, 0.2) is 0 Å². The van der Waals surface area contributed by atoms with E-state index in [0.717, 1.165) is 37.8 Å². The molecule has 2 amide bonds. The summed E-state index contributed by atoms with van der Waals surface area (Å²) in [7, 11) is 0. The molecule has 0 radical (unpaired) electrons. The van der Waals surface area contributed by atoms with E-state index in [1.165, 1.54) is 0 Å². The van der Waals surface area contributed by atoms with Gasteiger partial charge in [0.25, 0.3) is 5.91 Å². The summed E-state index contributed by atoms with van der Waals surface area (Å²) < 4.78 is 6.65. The summed E-state index contributed by atoms with van der Waals surface area (Å²) in [5.74, 6) is -0.0864. The molecule has 2 aromatic heterocycles. The summed E-state index contributed by atoms with van der Waals surface area (Å²) >= 11 is 0. The number of nitrogens with zero attached hydrogens (tertiary/aromatic N) is 2. The van der Waals surface area contributed by atoms with Gasteiger partial charge in [-0.1, -0.05) is 6.42 Å². The highest BCUT2D eigenvalue weighted by Crippen LogP contribution is 2.08. The number of carbonyl (C=O) groups is 2. The molecule has 0 aliphatic heterocycles. The maximum absolute atomic E-state index is 12.3. The Kier molecular flexibility index (Phi) is 7.49. The second kappa shape index (κ2) is 10.1. The monoisotopic (exact) mass is 344 g/mol. The molecular weight excluding hydrogens is 320 g/mol. The number of carbonyl (C=O) groups excluding carboxylic acids is 2. The normalized spacial score (nSPS) is 10.4. The summed E-state index contributed by atoms with van der Waals surface area (Å²) in [5, 5.41) is 2.92. The molecular formula is C18H24N4O3. The molecule has 0 saturated heterocycles. The quantitative estimate of drug-likeness (QED) is 0.647. The molecule has 7 nitrogen and oxygen atoms in total. The smallest absolute Gasteiger partial charge is 0.404 e. The fourth-order valence-corrected chi connectivity index (χ4v) is 2.50. The van der Waals surface area contributed by atoms with E-state index in [4.69, 9.17) is 5.73 Å². The maximum atomic E-state index is 12.3. The number of primary amides is 1. The van der Waals surface area contributed by atoms with Crippen LogP contribution in [0.15, 0.2) is 42.9 Å². The topological polar surface area (TPSA) is 99.2 Å². The van der Waals surface area contributed by atoms with Crippen molar-refractivity contribution < 1.29 is 14.3 Å². The summed E-state index contributed by atoms with van der Waals surface area (Å²) in [4.78, 5) is 26.7. The van der Waals surface area contributed by atoms with E-state index in [2.05, 4.69) is 15.0 Å². The molecule has 3 N–H and O–H groups in total. The second-order valence-electron chi connectivity index (χ2n) is 5.71. The second-order valence-corrected chi connectivity index (χ2v) is 5.71. The van der Waals surface area contributed by atoms with E-state index >= 15 is 0 Å². The largest absolute Gasteiger partial charge is 0.450 e. The van der Waals surface area contributed by atoms with E-state index in [1.54, 1.807) is 12.4 Å². The minimum Gasteiger partial charge on any atom is -0.450 e. The number of unbranched alkanes of at least 4 members (excludes halogenated alkanes) is 3. The van der Waals surface area contributed by atoms with Gasteiger partial charge in [0.1, 0.15) is 5.69 Å². The van der Waals surface area contributed by atoms with Gasteiger partial charge >= 0.3 is 6.09 Å². The molecule has 0 saturated carbocycles. The third kappa shape index (κ3) is 6.66. The number of aryl methyl sites for hydroxylation is 1. The van der Waals surface area contributed by atoms with Crippen LogP contribution in [-0.2, 0) is 17.8 Å². The standard InChI is InChI=1S/C18H24N4O3/c19-18(24)25-13-4-2-1-3-11-22-12-5-6-16(22)17(23)21-14-15-7-9-20-10-8-15/h5-10,12H,1-4,11,13-14H2,(H2,19,24)(H,21,23). The highest BCUT2D eigenvalue weighted by Gasteiger charge is 2.10. The molecule has 25 heavy (non-hydrogen) atoms. The van der Waals surface area contributed by atoms with Crippen LogP contribution in [0.3, 0.4) is 0 Å². The van der Waals surface area contributed by atoms with Crippen molar-refractivity contribution in [3.63, 3.8) is 0 Å². The third-order valence-electron chi connectivity index (χ3n) is 3.80. The molecule has 0 aromatic carbocycles. The molecule has 0 aliphatic carbocycles. The van der Waals surface area contributed by atoms with Gasteiger partial charge in [0.05, 0.1) is 6.61 Å². The molecule has 2 heterocycles. The van der Waals surface area contributed by atoms with Crippen molar-refractivity contribution in [2.45, 2.75) is 38.8 Å². The van der Waals surface area contributed by atoms with Crippen LogP contribution in [0.5, 0.6) is 0 Å². The molecule has 0 unspecified atom stereocenters. The van der Waals surface area contributed by atoms with Crippen molar-refractivity contribution in [1.29, 1.82) is 0 Å². The van der Waals surface area contributed by atoms with Crippen molar-refractivity contribution >= 4 is 12.0 Å². The number of nitrogens with two attached hydrogens (primary N) is 1. The fourth-order valence-electron chi connectivity index (χ4n) is 2.50. The Balaban J connectivity index is 1.70. The Labute approximate surface area is 147 Å². The molecule has 0 spiro atoms. The minimum atomic E-state index is -0.727. The Bertz CT molecular complexity index is 670. The molecule has 7 heteroatoms. The number of pyridine rings is 1. The van der Waals surface area contributed by atoms with Gasteiger partial charge in [-0.15, -0.1) is 0 Å². The molecule has 2 aromatic rings. The van der Waals surface area contributed by atoms with Crippen LogP contribution in [0.25, 0.3) is 0 Å². The van der Waals surface area contributed by atoms with Crippen LogP contribution in [0.4, 0.5) is 4.79 Å². The zero-order chi connectivity index (χ0) is 17.9. The van der Waals surface area contributed by atoms with Crippen LogP contribution in [0, 0.1) is 0 Å². The lowest BCUT2D eigenvalue weighted by molar-refractivity contribution is 0.0941. The van der Waals surface area contributed by atoms with Crippen molar-refractivity contribution in [3.05, 3.63) is 54.1 Å². The van der Waals surface area contributed by atoms with E-state index in [1.807, 2.05) is 35.0 Å². The average Bonchev–Trinajstić information content (AvgIpc) is 3.08. The lowest BCUT2D eigenvalue weighted by atomic mass is 10.2. The van der Waals surface area contributed by atoms with Gasteiger partial charge in [-0.25, -0.2) is 4.79 Å². The Hall–Kier alpha value is -2.83. The third-order valence-corrected chi connectivity index (χ3v) is 3.80. The van der Waals surface area contributed by atoms with Gasteiger partial charge < -0.3 is 20.4 Å². The van der Waals surface area contributed by atoms with Crippen LogP contribution >= 0.6 is 0 Å². The highest BCUT2D eigenvalue weighted by atomic mass is 16.5. The van der Waals surface area contributed by atoms with Gasteiger partial charge in [0.2, 0.25) is 0 Å². The zero-order valence-electron chi connectivity index (χ0n) is 14.2. The average molecular weight is 344 g/mol. The van der Waals surface area contributed by atoms with E-state index < -0.39 is 6.09 Å². The summed E-state index contributed by atoms with van der Waals surface area (Å²) in [6.07, 6.45) is 8.31. The SMILES string of the molecule is NC(=O)OCCCCCCn1cccc1C(=O)NCc1ccncc1. The number of nitrogens with one attached hydrogen (secondary N) is 1. The van der Waals surface area contributed by atoms with Crippen LogP contribution in [0.1, 0.15) is 41.7 Å². The van der Waals surface area contributed by atoms with Crippen LogP contribution in [0.2, 0.25) is 0 Å². The van der Waals surface area contributed by atoms with Crippen molar-refractivity contribution in [2.75, 3.05) is 6.61 Å². The van der Waals surface area contributed by atoms with Gasteiger partial charge in [0, 0.05) is 31.7 Å². The first kappa shape index (κ1) is 18.5. The lowest BCUT2D eigenvalue weighted by Gasteiger charge is -2.10. The molecule has 0 aliphatic rings. The van der Waals surface area contributed by atoms with Gasteiger partial charge in [-0.2, -0.15) is 0 Å². The Morgan fingerprint density at radius 2 is 1.88 bits per heavy atom. The minimum absolute atomic E-state index is 0.0864. The number of amides is 2. The molecule has 0 fully saturated rings. The number of hydrogen-bond acceptors (Lipinski definition) is 4. The lowest BCUT2D eigenvalue weighted by Crippen LogP contribution is -2.25. The number of aromatic nitrogens is 2. The molecule has 0 atom stereocenters. The summed E-state index contributed by atoms with van der Waals surface area (Å²) in [6.45, 7) is 1.62. The first-order valence-corrected chi connectivity index (χ1v) is 8.41. The number of rotatable bonds is 10. The highest BCUT2D eigenvalue weighted by molar-refractivity contribution is 5.92. The van der Waals surface area contributed by atoms with Crippen molar-refractivity contribution in [1.82, 2.24) is 14.9 Å². The van der Waals surface area contributed by atoms with E-state index in [-0.39, 0.29) is 5.91 Å². The molecule has 0 bridgehead atoms. The Morgan fingerprint density at radius 1 is 1.12 bits per heavy atom. The van der Waals surface area contributed by atoms with Gasteiger partial charge in [-0.3, -0.25) is 9.78 Å². The van der Waals surface area contributed by atoms with Crippen LogP contribution < -0.4 is 11.1 Å². The maximum Gasteiger partial charge on any atom is 0.404 e. The van der Waals surface area contributed by atoms with E-state index in [9.17, 15) is 9.59 Å². The predicted molar refractivity (Wildman–Crippen MR) is 93.8 cm³/mol. The fraction of sp³-hybridized carbons (Fsp3) is 0.389. The first-order chi connectivity index (χ1) is 12.2. The summed E-state index contributed by atoms with van der Waals surface area (Å²) in [5.41, 5.74) is 6.57. The summed E-state index contributed by atoms with van der Waals surface area (Å²) in [6, 6.07) is 7.45. The number of ether oxygens (including phenoxy) is 1. The molecule has 2 rings (SSSR count). The van der Waals surface area contributed by atoms with Crippen molar-refractivity contribution in [3.8, 4) is 0 Å². The van der Waals surface area contributed by atoms with Crippen LogP contribution in [-0.4, -0.2) is 28.2 Å². The Morgan fingerprint density at radius 3 is 2.64 bits per heavy atom. The first-order valence-electron chi connectivity index (χ1n) is 8.41. The number of hydrogen-bond donors (Lipinski definition) is 2. The molecule has 134 valence electrons. The van der Waals surface area contributed by atoms with Crippen molar-refractivity contribution in [2.24, 2.45) is 5.73 Å². The zero-order valence-corrected chi connectivity index (χ0v) is 14.2. The van der Waals surface area contributed by atoms with E-state index in [0.29, 0.717) is 18.8 Å².